The smallest absolute Gasteiger partial charge is 0.336 e. The predicted octanol–water partition coefficient (Wildman–Crippen LogP) is 2.84. The molecule has 0 radical (unpaired) electrons. The molecular formula is C19H26N2O2. The van der Waals surface area contributed by atoms with Gasteiger partial charge in [-0.15, -0.1) is 0 Å². The van der Waals surface area contributed by atoms with Gasteiger partial charge < -0.3 is 14.6 Å². The normalized spacial score (nSPS) is 16.3. The molecule has 1 aromatic heterocycles. The largest absolute Gasteiger partial charge is 0.422 e. The molecule has 1 N–H and O–H groups in total. The Morgan fingerprint density at radius 1 is 1.22 bits per heavy atom. The fourth-order valence-electron chi connectivity index (χ4n) is 3.67. The first-order chi connectivity index (χ1) is 11.0. The highest BCUT2D eigenvalue weighted by Crippen LogP contribution is 2.24. The molecule has 1 aliphatic heterocycles. The van der Waals surface area contributed by atoms with Crippen molar-refractivity contribution >= 4 is 11.0 Å². The van der Waals surface area contributed by atoms with Crippen LogP contribution in [-0.2, 0) is 6.54 Å². The molecular weight excluding hydrogens is 288 g/mol. The zero-order valence-corrected chi connectivity index (χ0v) is 14.3. The van der Waals surface area contributed by atoms with Gasteiger partial charge in [0.15, 0.2) is 0 Å². The van der Waals surface area contributed by atoms with E-state index in [0.717, 1.165) is 54.2 Å². The number of hydrogen-bond donors (Lipinski definition) is 1. The number of nitrogens with one attached hydrogen (secondary N) is 1. The average Bonchev–Trinajstić information content (AvgIpc) is 2.49. The van der Waals surface area contributed by atoms with Gasteiger partial charge in [-0.25, -0.2) is 4.79 Å². The molecule has 0 aliphatic carbocycles. The SMILES string of the molecule is Cc1cc(C)c2oc(=O)cc(CN(C)CC3CCNCC3)c2c1. The predicted molar refractivity (Wildman–Crippen MR) is 93.9 cm³/mol. The van der Waals surface area contributed by atoms with Crippen LogP contribution in [0.2, 0.25) is 0 Å². The second-order valence-corrected chi connectivity index (χ2v) is 6.94. The summed E-state index contributed by atoms with van der Waals surface area (Å²) < 4.78 is 5.44. The maximum atomic E-state index is 11.9. The molecule has 4 heteroatoms. The summed E-state index contributed by atoms with van der Waals surface area (Å²) in [7, 11) is 2.14. The molecule has 0 spiro atoms. The van der Waals surface area contributed by atoms with E-state index in [0.29, 0.717) is 0 Å². The van der Waals surface area contributed by atoms with E-state index in [1.165, 1.54) is 18.4 Å². The van der Waals surface area contributed by atoms with Gasteiger partial charge in [-0.05, 0) is 75.5 Å². The average molecular weight is 314 g/mol. The minimum Gasteiger partial charge on any atom is -0.422 e. The molecule has 3 rings (SSSR count). The molecule has 1 aliphatic rings. The molecule has 0 amide bonds. The van der Waals surface area contributed by atoms with Crippen LogP contribution in [0.5, 0.6) is 0 Å². The second-order valence-electron chi connectivity index (χ2n) is 6.94. The van der Waals surface area contributed by atoms with E-state index in [1.54, 1.807) is 6.07 Å². The Labute approximate surface area is 137 Å². The van der Waals surface area contributed by atoms with E-state index in [1.807, 2.05) is 6.92 Å². The summed E-state index contributed by atoms with van der Waals surface area (Å²) in [5.74, 6) is 0.746. The molecule has 1 saturated heterocycles. The highest BCUT2D eigenvalue weighted by atomic mass is 16.4. The molecule has 4 nitrogen and oxygen atoms in total. The maximum absolute atomic E-state index is 11.9. The Kier molecular flexibility index (Phi) is 4.83. The first-order valence-electron chi connectivity index (χ1n) is 8.46. The van der Waals surface area contributed by atoms with Crippen molar-refractivity contribution in [3.05, 3.63) is 45.3 Å². The Morgan fingerprint density at radius 2 is 1.96 bits per heavy atom. The molecule has 2 aromatic rings. The Hall–Kier alpha value is -1.65. The highest BCUT2D eigenvalue weighted by Gasteiger charge is 2.16. The van der Waals surface area contributed by atoms with Crippen molar-refractivity contribution in [1.29, 1.82) is 0 Å². The van der Waals surface area contributed by atoms with Crippen LogP contribution >= 0.6 is 0 Å². The molecule has 23 heavy (non-hydrogen) atoms. The van der Waals surface area contributed by atoms with Crippen molar-refractivity contribution in [2.24, 2.45) is 5.92 Å². The number of rotatable bonds is 4. The van der Waals surface area contributed by atoms with E-state index >= 15 is 0 Å². The van der Waals surface area contributed by atoms with E-state index in [2.05, 4.69) is 36.3 Å². The lowest BCUT2D eigenvalue weighted by atomic mass is 9.97. The molecule has 0 atom stereocenters. The van der Waals surface area contributed by atoms with Crippen LogP contribution in [0.25, 0.3) is 11.0 Å². The van der Waals surface area contributed by atoms with Gasteiger partial charge in [-0.2, -0.15) is 0 Å². The van der Waals surface area contributed by atoms with Crippen LogP contribution in [0.1, 0.15) is 29.5 Å². The number of nitrogens with zero attached hydrogens (tertiary/aromatic N) is 1. The van der Waals surface area contributed by atoms with Crippen LogP contribution in [-0.4, -0.2) is 31.6 Å². The van der Waals surface area contributed by atoms with Gasteiger partial charge in [0.1, 0.15) is 5.58 Å². The van der Waals surface area contributed by atoms with Gasteiger partial charge in [0, 0.05) is 24.5 Å². The number of aryl methyl sites for hydroxylation is 2. The van der Waals surface area contributed by atoms with Crippen LogP contribution in [0, 0.1) is 19.8 Å². The number of benzene rings is 1. The Bertz CT molecular complexity index is 745. The molecule has 124 valence electrons. The molecule has 0 unspecified atom stereocenters. The summed E-state index contributed by atoms with van der Waals surface area (Å²) in [6, 6.07) is 5.84. The third-order valence-corrected chi connectivity index (χ3v) is 4.73. The van der Waals surface area contributed by atoms with Gasteiger partial charge in [0.05, 0.1) is 0 Å². The van der Waals surface area contributed by atoms with Crippen molar-refractivity contribution < 1.29 is 4.42 Å². The van der Waals surface area contributed by atoms with Gasteiger partial charge in [-0.3, -0.25) is 0 Å². The zero-order valence-electron chi connectivity index (χ0n) is 14.3. The minimum atomic E-state index is -0.255. The first-order valence-corrected chi connectivity index (χ1v) is 8.46. The quantitative estimate of drug-likeness (QED) is 0.882. The third-order valence-electron chi connectivity index (χ3n) is 4.73. The van der Waals surface area contributed by atoms with E-state index in [4.69, 9.17) is 4.42 Å². The van der Waals surface area contributed by atoms with Crippen LogP contribution in [0.15, 0.2) is 27.4 Å². The molecule has 2 heterocycles. The Balaban J connectivity index is 1.85. The standard InChI is InChI=1S/C19H26N2O2/c1-13-8-14(2)19-17(9-13)16(10-18(22)23-19)12-21(3)11-15-4-6-20-7-5-15/h8-10,15,20H,4-7,11-12H2,1-3H3. The number of hydrogen-bond acceptors (Lipinski definition) is 4. The summed E-state index contributed by atoms with van der Waals surface area (Å²) in [4.78, 5) is 14.3. The van der Waals surface area contributed by atoms with Crippen molar-refractivity contribution in [3.8, 4) is 0 Å². The second kappa shape index (κ2) is 6.85. The molecule has 1 fully saturated rings. The summed E-state index contributed by atoms with van der Waals surface area (Å²) in [6.07, 6.45) is 2.47. The van der Waals surface area contributed by atoms with Crippen molar-refractivity contribution in [3.63, 3.8) is 0 Å². The highest BCUT2D eigenvalue weighted by molar-refractivity contribution is 5.83. The van der Waals surface area contributed by atoms with Crippen molar-refractivity contribution in [1.82, 2.24) is 10.2 Å². The van der Waals surface area contributed by atoms with E-state index < -0.39 is 0 Å². The molecule has 0 saturated carbocycles. The first kappa shape index (κ1) is 16.2. The van der Waals surface area contributed by atoms with Gasteiger partial charge >= 0.3 is 5.63 Å². The minimum absolute atomic E-state index is 0.255. The third kappa shape index (κ3) is 3.82. The zero-order chi connectivity index (χ0) is 16.4. The van der Waals surface area contributed by atoms with Crippen molar-refractivity contribution in [2.75, 3.05) is 26.7 Å². The lowest BCUT2D eigenvalue weighted by molar-refractivity contribution is 0.235. The van der Waals surface area contributed by atoms with Gasteiger partial charge in [-0.1, -0.05) is 6.07 Å². The fourth-order valence-corrected chi connectivity index (χ4v) is 3.67. The van der Waals surface area contributed by atoms with Gasteiger partial charge in [0.2, 0.25) is 0 Å². The monoisotopic (exact) mass is 314 g/mol. The van der Waals surface area contributed by atoms with Crippen LogP contribution in [0.4, 0.5) is 0 Å². The summed E-state index contributed by atoms with van der Waals surface area (Å²) >= 11 is 0. The molecule has 1 aromatic carbocycles. The molecule has 0 bridgehead atoms. The number of piperidine rings is 1. The van der Waals surface area contributed by atoms with Crippen LogP contribution < -0.4 is 10.9 Å². The summed E-state index contributed by atoms with van der Waals surface area (Å²) in [5.41, 5.74) is 3.77. The lowest BCUT2D eigenvalue weighted by Crippen LogP contribution is -2.34. The van der Waals surface area contributed by atoms with E-state index in [-0.39, 0.29) is 5.63 Å². The number of fused-ring (bicyclic) bond motifs is 1. The van der Waals surface area contributed by atoms with Crippen LogP contribution in [0.3, 0.4) is 0 Å². The van der Waals surface area contributed by atoms with Crippen molar-refractivity contribution in [2.45, 2.75) is 33.2 Å². The van der Waals surface area contributed by atoms with E-state index in [9.17, 15) is 4.79 Å². The topological polar surface area (TPSA) is 45.5 Å². The Morgan fingerprint density at radius 3 is 2.70 bits per heavy atom. The lowest BCUT2D eigenvalue weighted by Gasteiger charge is -2.27. The fraction of sp³-hybridized carbons (Fsp3) is 0.526. The summed E-state index contributed by atoms with van der Waals surface area (Å²) in [6.45, 7) is 8.19. The summed E-state index contributed by atoms with van der Waals surface area (Å²) in [5, 5.41) is 4.48. The van der Waals surface area contributed by atoms with Gasteiger partial charge in [0.25, 0.3) is 0 Å². The maximum Gasteiger partial charge on any atom is 0.336 e.